The van der Waals surface area contributed by atoms with E-state index in [1.54, 1.807) is 0 Å². The zero-order valence-electron chi connectivity index (χ0n) is 25.2. The van der Waals surface area contributed by atoms with Crippen molar-refractivity contribution in [3.63, 3.8) is 0 Å². The third kappa shape index (κ3) is 10.1. The third-order valence-corrected chi connectivity index (χ3v) is 7.35. The molecule has 3 rings (SSSR count). The number of benzene rings is 1. The van der Waals surface area contributed by atoms with Gasteiger partial charge in [0.2, 0.25) is 12.7 Å². The molecule has 0 N–H and O–H groups in total. The number of hydrogen-bond acceptors (Lipinski definition) is 5. The molecule has 6 heteroatoms. The molecule has 0 aliphatic carbocycles. The number of rotatable bonds is 14. The summed E-state index contributed by atoms with van der Waals surface area (Å²) in [6.07, 6.45) is 12.8. The van der Waals surface area contributed by atoms with Gasteiger partial charge in [-0.2, -0.15) is 0 Å². The largest absolute Gasteiger partial charge is 0.454 e. The standard InChI is InChI=1S/C30H47N3O3.C2H6/c1-6-8-11-24(3)12-14-27-19-26(25-13-15-28-29(20-25)36-23-35-28)21-33(27)22-30(34)32(17-9-7-2)18-10-16-31(4)5;1-2/h6,8,11,13,15,20,26-27H,7,9-10,12,14,16-19,21-23H2,1-5H3;1-2H3/b8-6-,24-11+;. The van der Waals surface area contributed by atoms with E-state index >= 15 is 0 Å². The van der Waals surface area contributed by atoms with Gasteiger partial charge in [0.05, 0.1) is 6.54 Å². The van der Waals surface area contributed by atoms with Crippen molar-refractivity contribution in [2.75, 3.05) is 53.6 Å². The summed E-state index contributed by atoms with van der Waals surface area (Å²) >= 11 is 0. The molecule has 214 valence electrons. The normalized spacial score (nSPS) is 19.2. The van der Waals surface area contributed by atoms with Gasteiger partial charge >= 0.3 is 0 Å². The SMILES string of the molecule is C/C=C\C=C(/C)CCC1CC(c2ccc3c(c2)OCO3)CN1CC(=O)N(CCCC)CCCN(C)C.CC. The molecule has 1 aromatic carbocycles. The molecule has 0 spiro atoms. The number of carbonyl (C=O) groups excluding carboxylic acids is 1. The molecule has 2 unspecified atom stereocenters. The number of unbranched alkanes of at least 4 members (excludes halogenated alkanes) is 1. The zero-order valence-corrected chi connectivity index (χ0v) is 25.2. The first-order chi connectivity index (χ1) is 18.4. The van der Waals surface area contributed by atoms with Crippen LogP contribution in [0.1, 0.15) is 84.6 Å². The van der Waals surface area contributed by atoms with Crippen LogP contribution in [0.25, 0.3) is 0 Å². The highest BCUT2D eigenvalue weighted by molar-refractivity contribution is 5.78. The molecular formula is C32H53N3O3. The highest BCUT2D eigenvalue weighted by Crippen LogP contribution is 2.39. The maximum atomic E-state index is 13.5. The van der Waals surface area contributed by atoms with E-state index < -0.39 is 0 Å². The van der Waals surface area contributed by atoms with Gasteiger partial charge in [0.15, 0.2) is 11.5 Å². The average molecular weight is 528 g/mol. The highest BCUT2D eigenvalue weighted by atomic mass is 16.7. The first kappa shape index (κ1) is 31.9. The second-order valence-electron chi connectivity index (χ2n) is 10.6. The van der Waals surface area contributed by atoms with E-state index in [-0.39, 0.29) is 5.91 Å². The van der Waals surface area contributed by atoms with Crippen molar-refractivity contribution in [2.24, 2.45) is 0 Å². The Kier molecular flexibility index (Phi) is 14.5. The molecule has 6 nitrogen and oxygen atoms in total. The van der Waals surface area contributed by atoms with Crippen LogP contribution in [0.2, 0.25) is 0 Å². The Bertz CT molecular complexity index is 896. The summed E-state index contributed by atoms with van der Waals surface area (Å²) in [6.45, 7) is 14.9. The van der Waals surface area contributed by atoms with Crippen LogP contribution in [0.5, 0.6) is 11.5 Å². The summed E-state index contributed by atoms with van der Waals surface area (Å²) < 4.78 is 11.2. The summed E-state index contributed by atoms with van der Waals surface area (Å²) in [5, 5.41) is 0. The van der Waals surface area contributed by atoms with Crippen LogP contribution in [0, 0.1) is 0 Å². The van der Waals surface area contributed by atoms with Crippen molar-refractivity contribution in [2.45, 2.75) is 85.1 Å². The Labute approximate surface area is 232 Å². The number of amides is 1. The van der Waals surface area contributed by atoms with Crippen molar-refractivity contribution < 1.29 is 14.3 Å². The minimum Gasteiger partial charge on any atom is -0.454 e. The molecule has 0 saturated carbocycles. The molecule has 38 heavy (non-hydrogen) atoms. The molecule has 2 aliphatic heterocycles. The minimum atomic E-state index is 0.278. The Hall–Kier alpha value is -2.31. The first-order valence-corrected chi connectivity index (χ1v) is 14.8. The number of allylic oxidation sites excluding steroid dienone is 4. The molecule has 1 saturated heterocycles. The summed E-state index contributed by atoms with van der Waals surface area (Å²) in [7, 11) is 4.19. The quantitative estimate of drug-likeness (QED) is 0.259. The van der Waals surface area contributed by atoms with Gasteiger partial charge in [0.25, 0.3) is 0 Å². The fraction of sp³-hybridized carbons (Fsp3) is 0.656. The van der Waals surface area contributed by atoms with Crippen LogP contribution >= 0.6 is 0 Å². The number of hydrogen-bond donors (Lipinski definition) is 0. The Morgan fingerprint density at radius 1 is 1.11 bits per heavy atom. The lowest BCUT2D eigenvalue weighted by atomic mass is 9.94. The number of ether oxygens (including phenoxy) is 2. The summed E-state index contributed by atoms with van der Waals surface area (Å²) in [6, 6.07) is 6.74. The summed E-state index contributed by atoms with van der Waals surface area (Å²) in [5.41, 5.74) is 2.67. The molecule has 2 aliphatic rings. The van der Waals surface area contributed by atoms with Crippen LogP contribution in [-0.2, 0) is 4.79 Å². The van der Waals surface area contributed by atoms with E-state index in [4.69, 9.17) is 9.47 Å². The first-order valence-electron chi connectivity index (χ1n) is 14.8. The van der Waals surface area contributed by atoms with E-state index in [0.29, 0.717) is 25.3 Å². The molecule has 1 amide bonds. The molecule has 0 aromatic heterocycles. The van der Waals surface area contributed by atoms with Gasteiger partial charge in [-0.1, -0.05) is 57.1 Å². The van der Waals surface area contributed by atoms with Gasteiger partial charge in [0.1, 0.15) is 0 Å². The molecule has 1 fully saturated rings. The second-order valence-corrected chi connectivity index (χ2v) is 10.6. The van der Waals surface area contributed by atoms with Crippen molar-refractivity contribution in [1.82, 2.24) is 14.7 Å². The lowest BCUT2D eigenvalue weighted by Gasteiger charge is -2.29. The third-order valence-electron chi connectivity index (χ3n) is 7.35. The molecule has 1 aromatic rings. The van der Waals surface area contributed by atoms with Gasteiger partial charge in [0, 0.05) is 25.7 Å². The van der Waals surface area contributed by atoms with Gasteiger partial charge in [-0.05, 0) is 90.2 Å². The van der Waals surface area contributed by atoms with E-state index in [1.165, 1.54) is 11.1 Å². The maximum absolute atomic E-state index is 13.5. The van der Waals surface area contributed by atoms with E-state index in [0.717, 1.165) is 76.2 Å². The molecule has 2 heterocycles. The van der Waals surface area contributed by atoms with Gasteiger partial charge in [-0.3, -0.25) is 9.69 Å². The fourth-order valence-electron chi connectivity index (χ4n) is 5.19. The monoisotopic (exact) mass is 527 g/mol. The van der Waals surface area contributed by atoms with Gasteiger partial charge in [-0.15, -0.1) is 0 Å². The summed E-state index contributed by atoms with van der Waals surface area (Å²) in [4.78, 5) is 20.3. The molecule has 2 atom stereocenters. The lowest BCUT2D eigenvalue weighted by Crippen LogP contribution is -2.43. The zero-order chi connectivity index (χ0) is 27.9. The van der Waals surface area contributed by atoms with Gasteiger partial charge < -0.3 is 19.3 Å². The topological polar surface area (TPSA) is 45.3 Å². The van der Waals surface area contributed by atoms with E-state index in [9.17, 15) is 4.79 Å². The summed E-state index contributed by atoms with van der Waals surface area (Å²) in [5.74, 6) is 2.35. The number of carbonyl (C=O) groups is 1. The maximum Gasteiger partial charge on any atom is 0.236 e. The van der Waals surface area contributed by atoms with Crippen LogP contribution in [-0.4, -0.2) is 80.3 Å². The average Bonchev–Trinajstić information content (AvgIpc) is 3.55. The van der Waals surface area contributed by atoms with Crippen LogP contribution in [0.3, 0.4) is 0 Å². The van der Waals surface area contributed by atoms with E-state index in [2.05, 4.69) is 73.0 Å². The fourth-order valence-corrected chi connectivity index (χ4v) is 5.19. The van der Waals surface area contributed by atoms with Crippen LogP contribution < -0.4 is 9.47 Å². The second kappa shape index (κ2) is 17.3. The predicted octanol–water partition coefficient (Wildman–Crippen LogP) is 6.48. The Morgan fingerprint density at radius 2 is 1.84 bits per heavy atom. The predicted molar refractivity (Wildman–Crippen MR) is 159 cm³/mol. The number of likely N-dealkylation sites (tertiary alicyclic amines) is 1. The Morgan fingerprint density at radius 3 is 2.55 bits per heavy atom. The van der Waals surface area contributed by atoms with Crippen LogP contribution in [0.15, 0.2) is 42.0 Å². The van der Waals surface area contributed by atoms with Gasteiger partial charge in [-0.25, -0.2) is 0 Å². The molecular weight excluding hydrogens is 474 g/mol. The van der Waals surface area contributed by atoms with Crippen LogP contribution in [0.4, 0.5) is 0 Å². The van der Waals surface area contributed by atoms with Crippen molar-refractivity contribution in [3.8, 4) is 11.5 Å². The van der Waals surface area contributed by atoms with E-state index in [1.807, 2.05) is 26.8 Å². The van der Waals surface area contributed by atoms with Crippen molar-refractivity contribution >= 4 is 5.91 Å². The number of nitrogens with zero attached hydrogens (tertiary/aromatic N) is 3. The van der Waals surface area contributed by atoms with Crippen molar-refractivity contribution in [3.05, 3.63) is 47.6 Å². The Balaban J connectivity index is 0.00000247. The number of fused-ring (bicyclic) bond motifs is 1. The molecule has 0 bridgehead atoms. The smallest absolute Gasteiger partial charge is 0.236 e. The highest BCUT2D eigenvalue weighted by Gasteiger charge is 2.35. The molecule has 0 radical (unpaired) electrons. The lowest BCUT2D eigenvalue weighted by molar-refractivity contribution is -0.132. The van der Waals surface area contributed by atoms with Crippen molar-refractivity contribution in [1.29, 1.82) is 0 Å². The minimum absolute atomic E-state index is 0.278.